The Morgan fingerprint density at radius 2 is 1.97 bits per heavy atom. The number of hydrogen-bond acceptors (Lipinski definition) is 8. The highest BCUT2D eigenvalue weighted by molar-refractivity contribution is 6.33. The van der Waals surface area contributed by atoms with Gasteiger partial charge < -0.3 is 25.0 Å². The van der Waals surface area contributed by atoms with Gasteiger partial charge in [0.1, 0.15) is 6.10 Å². The minimum Gasteiger partial charge on any atom is -0.386 e. The third kappa shape index (κ3) is 4.06. The van der Waals surface area contributed by atoms with Crippen LogP contribution in [0.25, 0.3) is 22.2 Å². The molecule has 5 rings (SSSR count). The summed E-state index contributed by atoms with van der Waals surface area (Å²) in [7, 11) is 0. The Hall–Kier alpha value is -2.36. The van der Waals surface area contributed by atoms with Crippen LogP contribution in [0.5, 0.6) is 0 Å². The summed E-state index contributed by atoms with van der Waals surface area (Å²) in [6.07, 6.45) is 2.39. The Labute approximate surface area is 197 Å². The van der Waals surface area contributed by atoms with Crippen LogP contribution in [-0.2, 0) is 15.1 Å². The predicted molar refractivity (Wildman–Crippen MR) is 125 cm³/mol. The summed E-state index contributed by atoms with van der Waals surface area (Å²) in [5.41, 5.74) is 3.97. The van der Waals surface area contributed by atoms with Gasteiger partial charge in [-0.15, -0.1) is 0 Å². The van der Waals surface area contributed by atoms with Gasteiger partial charge in [0, 0.05) is 22.7 Å². The molecule has 0 spiro atoms. The van der Waals surface area contributed by atoms with Crippen molar-refractivity contribution in [3.05, 3.63) is 46.2 Å². The van der Waals surface area contributed by atoms with Crippen LogP contribution in [-0.4, -0.2) is 56.3 Å². The van der Waals surface area contributed by atoms with Crippen molar-refractivity contribution in [3.8, 4) is 11.3 Å². The highest BCUT2D eigenvalue weighted by atomic mass is 35.5. The van der Waals surface area contributed by atoms with E-state index in [4.69, 9.17) is 21.1 Å². The largest absolute Gasteiger partial charge is 0.386 e. The second kappa shape index (κ2) is 8.14. The van der Waals surface area contributed by atoms with Gasteiger partial charge in [-0.3, -0.25) is 4.98 Å². The van der Waals surface area contributed by atoms with Gasteiger partial charge in [-0.25, -0.2) is 9.97 Å². The molecule has 2 fully saturated rings. The predicted octanol–water partition coefficient (Wildman–Crippen LogP) is 3.48. The summed E-state index contributed by atoms with van der Waals surface area (Å²) in [6, 6.07) is 3.70. The van der Waals surface area contributed by atoms with Crippen molar-refractivity contribution < 1.29 is 19.7 Å². The molecular weight excluding hydrogens is 444 g/mol. The third-order valence-corrected chi connectivity index (χ3v) is 6.68. The lowest BCUT2D eigenvalue weighted by Gasteiger charge is -2.32. The first-order valence-electron chi connectivity index (χ1n) is 11.0. The van der Waals surface area contributed by atoms with E-state index in [-0.39, 0.29) is 12.1 Å². The molecule has 8 nitrogen and oxygen atoms in total. The van der Waals surface area contributed by atoms with Crippen molar-refractivity contribution in [2.24, 2.45) is 0 Å². The van der Waals surface area contributed by atoms with E-state index in [1.54, 1.807) is 26.2 Å². The molecule has 2 bridgehead atoms. The molecule has 174 valence electrons. The Bertz CT molecular complexity index is 1230. The zero-order valence-electron chi connectivity index (χ0n) is 19.0. The van der Waals surface area contributed by atoms with E-state index in [1.165, 1.54) is 0 Å². The van der Waals surface area contributed by atoms with Crippen LogP contribution in [0.1, 0.15) is 37.0 Å². The van der Waals surface area contributed by atoms with Gasteiger partial charge in [0.25, 0.3) is 0 Å². The van der Waals surface area contributed by atoms with Crippen molar-refractivity contribution in [1.29, 1.82) is 0 Å². The smallest absolute Gasteiger partial charge is 0.223 e. The molecule has 0 amide bonds. The number of benzene rings is 1. The molecular formula is C24H27ClN4O4. The number of aryl methyl sites for hydroxylation is 2. The van der Waals surface area contributed by atoms with Crippen molar-refractivity contribution in [2.45, 2.75) is 64.3 Å². The molecule has 4 heterocycles. The topological polar surface area (TPSA) is 110 Å². The summed E-state index contributed by atoms with van der Waals surface area (Å²) in [5.74, 6) is 0.373. The number of fused-ring (bicyclic) bond motifs is 3. The van der Waals surface area contributed by atoms with E-state index >= 15 is 0 Å². The second-order valence-corrected chi connectivity index (χ2v) is 9.78. The lowest BCUT2D eigenvalue weighted by molar-refractivity contribution is -0.156. The molecule has 9 heteroatoms. The van der Waals surface area contributed by atoms with Crippen LogP contribution in [0, 0.1) is 13.8 Å². The molecule has 0 saturated carbocycles. The molecule has 2 aliphatic rings. The number of aliphatic hydroxyl groups excluding tert-OH is 1. The maximum atomic E-state index is 10.6. The van der Waals surface area contributed by atoms with Crippen LogP contribution in [0.2, 0.25) is 5.02 Å². The Kier molecular flexibility index (Phi) is 5.54. The summed E-state index contributed by atoms with van der Waals surface area (Å²) >= 11 is 6.51. The molecule has 2 saturated heterocycles. The first-order chi connectivity index (χ1) is 15.6. The average molecular weight is 471 g/mol. The van der Waals surface area contributed by atoms with E-state index in [1.807, 2.05) is 26.0 Å². The SMILES string of the molecule is Cc1c(C(C)(C)O)cnc2c(C)cc(-c3nc(N[C@@H]4C[C@H]5CO[C@H](O5)[C@H]4O)ncc3Cl)cc12. The lowest BCUT2D eigenvalue weighted by Crippen LogP contribution is -2.48. The van der Waals surface area contributed by atoms with Crippen LogP contribution in [0.3, 0.4) is 0 Å². The molecule has 3 aromatic rings. The quantitative estimate of drug-likeness (QED) is 0.531. The Morgan fingerprint density at radius 3 is 2.73 bits per heavy atom. The Morgan fingerprint density at radius 1 is 1.18 bits per heavy atom. The minimum atomic E-state index is -1.01. The maximum Gasteiger partial charge on any atom is 0.223 e. The van der Waals surface area contributed by atoms with Gasteiger partial charge in [-0.2, -0.15) is 0 Å². The van der Waals surface area contributed by atoms with Gasteiger partial charge in [-0.05, 0) is 57.4 Å². The highest BCUT2D eigenvalue weighted by Crippen LogP contribution is 2.35. The van der Waals surface area contributed by atoms with Crippen LogP contribution in [0.15, 0.2) is 24.5 Å². The van der Waals surface area contributed by atoms with E-state index in [0.717, 1.165) is 33.2 Å². The molecule has 33 heavy (non-hydrogen) atoms. The molecule has 3 N–H and O–H groups in total. The number of pyridine rings is 1. The molecule has 1 aromatic carbocycles. The number of halogens is 1. The van der Waals surface area contributed by atoms with Crippen LogP contribution < -0.4 is 5.32 Å². The summed E-state index contributed by atoms with van der Waals surface area (Å²) in [5, 5.41) is 25.6. The fourth-order valence-corrected chi connectivity index (χ4v) is 4.90. The van der Waals surface area contributed by atoms with E-state index in [9.17, 15) is 10.2 Å². The fraction of sp³-hybridized carbons (Fsp3) is 0.458. The fourth-order valence-electron chi connectivity index (χ4n) is 4.70. The van der Waals surface area contributed by atoms with Gasteiger partial charge in [0.05, 0.1) is 46.8 Å². The molecule has 2 aromatic heterocycles. The number of rotatable bonds is 4. The van der Waals surface area contributed by atoms with Crippen molar-refractivity contribution in [3.63, 3.8) is 0 Å². The number of anilines is 1. The standard InChI is InChI=1S/C24H27ClN4O4/c1-11-5-13(6-15-12(2)16(24(3,4)31)8-26-19(11)15)20-17(25)9-27-23(29-20)28-18-7-14-10-32-22(33-14)21(18)30/h5-6,8-9,14,18,21-22,30-31H,7,10H2,1-4H3,(H,27,28,29)/t14-,18+,21-,22+/m0/s1. The molecule has 0 radical (unpaired) electrons. The first kappa shape index (κ1) is 22.4. The van der Waals surface area contributed by atoms with Gasteiger partial charge in [-0.1, -0.05) is 11.6 Å². The zero-order valence-corrected chi connectivity index (χ0v) is 19.7. The molecule has 0 unspecified atom stereocenters. The van der Waals surface area contributed by atoms with Gasteiger partial charge in [0.15, 0.2) is 6.29 Å². The van der Waals surface area contributed by atoms with Crippen molar-refractivity contribution in [1.82, 2.24) is 15.0 Å². The van der Waals surface area contributed by atoms with Crippen molar-refractivity contribution >= 4 is 28.5 Å². The molecule has 0 aliphatic carbocycles. The van der Waals surface area contributed by atoms with Crippen LogP contribution >= 0.6 is 11.6 Å². The number of hydrogen-bond donors (Lipinski definition) is 3. The minimum absolute atomic E-state index is 0.0498. The Balaban J connectivity index is 1.53. The lowest BCUT2D eigenvalue weighted by atomic mass is 9.91. The number of aromatic nitrogens is 3. The van der Waals surface area contributed by atoms with Crippen LogP contribution in [0.4, 0.5) is 5.95 Å². The highest BCUT2D eigenvalue weighted by Gasteiger charge is 2.43. The molecule has 2 aliphatic heterocycles. The number of ether oxygens (including phenoxy) is 2. The number of nitrogens with one attached hydrogen (secondary N) is 1. The summed E-state index contributed by atoms with van der Waals surface area (Å²) < 4.78 is 11.1. The van der Waals surface area contributed by atoms with Crippen molar-refractivity contribution in [2.75, 3.05) is 11.9 Å². The van der Waals surface area contributed by atoms with Gasteiger partial charge in [0.2, 0.25) is 5.95 Å². The zero-order chi connectivity index (χ0) is 23.5. The number of nitrogens with zero attached hydrogens (tertiary/aromatic N) is 3. The van der Waals surface area contributed by atoms with E-state index < -0.39 is 18.0 Å². The van der Waals surface area contributed by atoms with E-state index in [2.05, 4.69) is 20.3 Å². The van der Waals surface area contributed by atoms with Gasteiger partial charge >= 0.3 is 0 Å². The maximum absolute atomic E-state index is 10.6. The third-order valence-electron chi connectivity index (χ3n) is 6.40. The number of aliphatic hydroxyl groups is 2. The first-order valence-corrected chi connectivity index (χ1v) is 11.4. The second-order valence-electron chi connectivity index (χ2n) is 9.37. The normalized spacial score (nSPS) is 24.9. The molecule has 4 atom stereocenters. The summed E-state index contributed by atoms with van der Waals surface area (Å²) in [4.78, 5) is 13.6. The summed E-state index contributed by atoms with van der Waals surface area (Å²) in [6.45, 7) is 7.95. The average Bonchev–Trinajstić information content (AvgIpc) is 3.16. The van der Waals surface area contributed by atoms with E-state index in [0.29, 0.717) is 29.7 Å². The monoisotopic (exact) mass is 470 g/mol.